The zero-order valence-corrected chi connectivity index (χ0v) is 7.43. The summed E-state index contributed by atoms with van der Waals surface area (Å²) in [6.45, 7) is 1.10. The summed E-state index contributed by atoms with van der Waals surface area (Å²) in [5, 5.41) is 2.36. The first-order valence-corrected chi connectivity index (χ1v) is 4.09. The maximum absolute atomic E-state index is 11.0. The molecule has 1 heterocycles. The molecule has 0 bridgehead atoms. The smallest absolute Gasteiger partial charge is 0.409 e. The molecule has 0 radical (unpaired) electrons. The Hall–Kier alpha value is -1.33. The van der Waals surface area contributed by atoms with Crippen molar-refractivity contribution in [2.75, 3.05) is 20.2 Å². The Bertz CT molecular complexity index is 189. The number of hydrogen-bond donors (Lipinski definition) is 0. The molecule has 0 aromatic rings. The highest BCUT2D eigenvalue weighted by atomic mass is 16.7. The van der Waals surface area contributed by atoms with Gasteiger partial charge in [-0.1, -0.05) is 0 Å². The first kappa shape index (κ1) is 9.76. The lowest BCUT2D eigenvalue weighted by molar-refractivity contribution is 0.00870. The Morgan fingerprint density at radius 2 is 2.08 bits per heavy atom. The number of amides is 1. The van der Waals surface area contributed by atoms with Crippen molar-refractivity contribution in [1.82, 2.24) is 4.90 Å². The first-order chi connectivity index (χ1) is 6.27. The predicted octanol–water partition coefficient (Wildman–Crippen LogP) is 0.915. The van der Waals surface area contributed by atoms with Crippen molar-refractivity contribution in [2.24, 2.45) is 5.34 Å². The van der Waals surface area contributed by atoms with Crippen LogP contribution in [0.1, 0.15) is 12.8 Å². The van der Waals surface area contributed by atoms with Gasteiger partial charge >= 0.3 is 6.09 Å². The quantitative estimate of drug-likeness (QED) is 0.477. The fraction of sp³-hybridized carbons (Fsp3) is 0.857. The van der Waals surface area contributed by atoms with E-state index >= 15 is 0 Å². The summed E-state index contributed by atoms with van der Waals surface area (Å²) >= 11 is 0. The van der Waals surface area contributed by atoms with E-state index in [4.69, 9.17) is 0 Å². The maximum atomic E-state index is 11.0. The van der Waals surface area contributed by atoms with Gasteiger partial charge in [0.05, 0.1) is 7.11 Å². The lowest BCUT2D eigenvalue weighted by atomic mass is 10.1. The number of carbonyl (C=O) groups excluding carboxylic acids is 1. The molecule has 0 aliphatic carbocycles. The van der Waals surface area contributed by atoms with Gasteiger partial charge in [0.1, 0.15) is 6.10 Å². The number of methoxy groups -OCH3 is 1. The van der Waals surface area contributed by atoms with Crippen molar-refractivity contribution in [2.45, 2.75) is 18.9 Å². The van der Waals surface area contributed by atoms with Gasteiger partial charge in [-0.3, -0.25) is 0 Å². The molecular weight excluding hydrogens is 176 g/mol. The van der Waals surface area contributed by atoms with Gasteiger partial charge in [0.2, 0.25) is 0 Å². The number of rotatable bonds is 2. The van der Waals surface area contributed by atoms with E-state index in [1.807, 2.05) is 0 Å². The molecule has 13 heavy (non-hydrogen) atoms. The van der Waals surface area contributed by atoms with Crippen molar-refractivity contribution in [3.63, 3.8) is 0 Å². The number of nitrogens with zero attached hydrogens (tertiary/aromatic N) is 2. The fourth-order valence-electron chi connectivity index (χ4n) is 1.33. The lowest BCUT2D eigenvalue weighted by Crippen LogP contribution is -2.40. The van der Waals surface area contributed by atoms with Crippen LogP contribution in [0.3, 0.4) is 0 Å². The van der Waals surface area contributed by atoms with Crippen LogP contribution >= 0.6 is 0 Å². The van der Waals surface area contributed by atoms with E-state index in [9.17, 15) is 9.70 Å². The molecule has 1 fully saturated rings. The van der Waals surface area contributed by atoms with Crippen molar-refractivity contribution < 1.29 is 14.4 Å². The van der Waals surface area contributed by atoms with Gasteiger partial charge in [-0.2, -0.15) is 0 Å². The van der Waals surface area contributed by atoms with Crippen LogP contribution in [-0.2, 0) is 9.57 Å². The van der Waals surface area contributed by atoms with E-state index in [2.05, 4.69) is 14.9 Å². The summed E-state index contributed by atoms with van der Waals surface area (Å²) in [6.07, 6.45) is 0.762. The summed E-state index contributed by atoms with van der Waals surface area (Å²) in [5.41, 5.74) is 0. The highest BCUT2D eigenvalue weighted by Gasteiger charge is 2.24. The van der Waals surface area contributed by atoms with Gasteiger partial charge in [0.15, 0.2) is 5.34 Å². The van der Waals surface area contributed by atoms with Crippen molar-refractivity contribution in [3.8, 4) is 0 Å². The molecule has 1 saturated heterocycles. The monoisotopic (exact) mass is 188 g/mol. The van der Waals surface area contributed by atoms with E-state index < -0.39 is 0 Å². The van der Waals surface area contributed by atoms with Crippen LogP contribution in [0.5, 0.6) is 0 Å². The molecule has 0 unspecified atom stereocenters. The van der Waals surface area contributed by atoms with Gasteiger partial charge in [-0.15, -0.1) is 4.91 Å². The number of ether oxygens (including phenoxy) is 1. The summed E-state index contributed by atoms with van der Waals surface area (Å²) in [5.74, 6) is 0. The molecule has 0 aromatic carbocycles. The van der Waals surface area contributed by atoms with Gasteiger partial charge in [-0.05, 0) is 0 Å². The average Bonchev–Trinajstić information content (AvgIpc) is 2.18. The molecule has 6 nitrogen and oxygen atoms in total. The minimum Gasteiger partial charge on any atom is -0.453 e. The zero-order valence-electron chi connectivity index (χ0n) is 7.43. The number of piperidine rings is 1. The lowest BCUT2D eigenvalue weighted by Gasteiger charge is -2.28. The maximum Gasteiger partial charge on any atom is 0.409 e. The molecule has 1 amide bonds. The predicted molar refractivity (Wildman–Crippen MR) is 43.9 cm³/mol. The summed E-state index contributed by atoms with van der Waals surface area (Å²) in [6, 6.07) is 0. The standard InChI is InChI=1S/C7H12N2O4/c1-12-7(10)9-4-2-6(3-5-9)13-8-11/h6H,2-5H2,1H3. The van der Waals surface area contributed by atoms with E-state index in [1.165, 1.54) is 7.11 Å². The van der Waals surface area contributed by atoms with Gasteiger partial charge in [-0.25, -0.2) is 4.79 Å². The summed E-state index contributed by atoms with van der Waals surface area (Å²) < 4.78 is 4.55. The SMILES string of the molecule is COC(=O)N1CCC(ON=O)CC1. The molecule has 0 atom stereocenters. The Labute approximate surface area is 75.7 Å². The van der Waals surface area contributed by atoms with E-state index in [0.717, 1.165) is 0 Å². The van der Waals surface area contributed by atoms with E-state index in [1.54, 1.807) is 4.90 Å². The van der Waals surface area contributed by atoms with Crippen LogP contribution < -0.4 is 0 Å². The second-order valence-electron chi connectivity index (χ2n) is 2.84. The van der Waals surface area contributed by atoms with Crippen molar-refractivity contribution in [1.29, 1.82) is 0 Å². The van der Waals surface area contributed by atoms with Crippen LogP contribution in [0, 0.1) is 4.91 Å². The van der Waals surface area contributed by atoms with Crippen LogP contribution in [-0.4, -0.2) is 37.3 Å². The minimum atomic E-state index is -0.336. The molecule has 1 rings (SSSR count). The van der Waals surface area contributed by atoms with Gasteiger partial charge < -0.3 is 14.5 Å². The molecule has 1 aliphatic heterocycles. The Kier molecular flexibility index (Phi) is 3.48. The molecule has 0 aromatic heterocycles. The van der Waals surface area contributed by atoms with E-state index in [-0.39, 0.29) is 12.2 Å². The average molecular weight is 188 g/mol. The van der Waals surface area contributed by atoms with Gasteiger partial charge in [0, 0.05) is 25.9 Å². The second-order valence-corrected chi connectivity index (χ2v) is 2.84. The Morgan fingerprint density at radius 3 is 2.54 bits per heavy atom. The second kappa shape index (κ2) is 4.64. The molecular formula is C7H12N2O4. The molecule has 0 spiro atoms. The molecule has 0 saturated carbocycles. The van der Waals surface area contributed by atoms with Gasteiger partial charge in [0.25, 0.3) is 0 Å². The third-order valence-electron chi connectivity index (χ3n) is 2.07. The van der Waals surface area contributed by atoms with Crippen molar-refractivity contribution >= 4 is 6.09 Å². The van der Waals surface area contributed by atoms with Crippen molar-refractivity contribution in [3.05, 3.63) is 4.91 Å². The van der Waals surface area contributed by atoms with Crippen LogP contribution in [0.2, 0.25) is 0 Å². The Balaban J connectivity index is 2.30. The minimum absolute atomic E-state index is 0.154. The van der Waals surface area contributed by atoms with E-state index in [0.29, 0.717) is 25.9 Å². The number of carbonyl (C=O) groups is 1. The third kappa shape index (κ3) is 2.57. The number of likely N-dealkylation sites (tertiary alicyclic amines) is 1. The Morgan fingerprint density at radius 1 is 1.46 bits per heavy atom. The first-order valence-electron chi connectivity index (χ1n) is 4.09. The molecule has 0 N–H and O–H groups in total. The van der Waals surface area contributed by atoms with Crippen LogP contribution in [0.4, 0.5) is 4.79 Å². The molecule has 74 valence electrons. The molecule has 6 heteroatoms. The highest BCUT2D eigenvalue weighted by molar-refractivity contribution is 5.67. The third-order valence-corrected chi connectivity index (χ3v) is 2.07. The van der Waals surface area contributed by atoms with Crippen LogP contribution in [0.15, 0.2) is 5.34 Å². The highest BCUT2D eigenvalue weighted by Crippen LogP contribution is 2.14. The summed E-state index contributed by atoms with van der Waals surface area (Å²) in [4.78, 5) is 26.9. The normalized spacial score (nSPS) is 18.1. The fourth-order valence-corrected chi connectivity index (χ4v) is 1.33. The largest absolute Gasteiger partial charge is 0.453 e. The number of hydrogen-bond acceptors (Lipinski definition) is 5. The topological polar surface area (TPSA) is 68.2 Å². The van der Waals surface area contributed by atoms with Crippen LogP contribution in [0.25, 0.3) is 0 Å². The molecule has 1 aliphatic rings. The zero-order chi connectivity index (χ0) is 9.68. The summed E-state index contributed by atoms with van der Waals surface area (Å²) in [7, 11) is 1.35.